The maximum atomic E-state index is 13.7. The van der Waals surface area contributed by atoms with Gasteiger partial charge in [0.2, 0.25) is 16.0 Å². The molecule has 1 aromatic heterocycles. The average Bonchev–Trinajstić information content (AvgIpc) is 3.00. The Balaban J connectivity index is 2.05. The molecule has 0 amide bonds. The highest BCUT2D eigenvalue weighted by molar-refractivity contribution is 7.92. The van der Waals surface area contributed by atoms with Crippen LogP contribution in [0.4, 0.5) is 10.3 Å². The van der Waals surface area contributed by atoms with Gasteiger partial charge in [-0.25, -0.2) is 31.9 Å². The lowest BCUT2D eigenvalue weighted by Crippen LogP contribution is -2.30. The van der Waals surface area contributed by atoms with Crippen LogP contribution in [0.2, 0.25) is 0 Å². The van der Waals surface area contributed by atoms with Crippen LogP contribution in [0, 0.1) is 5.82 Å². The van der Waals surface area contributed by atoms with E-state index in [1.807, 2.05) is 13.8 Å². The van der Waals surface area contributed by atoms with Crippen LogP contribution >= 0.6 is 0 Å². The number of carbonyl (C=O) groups is 1. The van der Waals surface area contributed by atoms with E-state index in [0.29, 0.717) is 16.8 Å². The Morgan fingerprint density at radius 3 is 2.29 bits per heavy atom. The van der Waals surface area contributed by atoms with Gasteiger partial charge in [0.05, 0.1) is 66.9 Å². The summed E-state index contributed by atoms with van der Waals surface area (Å²) in [5.74, 6) is -1.63. The fourth-order valence-corrected chi connectivity index (χ4v) is 4.60. The number of aromatic nitrogens is 2. The lowest BCUT2D eigenvalue weighted by molar-refractivity contribution is -0.506. The standard InChI is InChI=1S/C29H44FN5O13S/c1-19(2)27-25(28(20-6-8-21(30)9-7-20)32-29(31-27)33(3)49(4,43)44)11-10-22(36)16-23(37)17-26(38)46-15-12-24(48-35(41)42)18-45-13-5-14-47-34(39)40/h6-11,19,22-24,36-37,39-42H,5,12-18H2,1-4H3/b11-10+. The summed E-state index contributed by atoms with van der Waals surface area (Å²) in [6.07, 6.45) is -0.135. The summed E-state index contributed by atoms with van der Waals surface area (Å²) in [4.78, 5) is 30.3. The van der Waals surface area contributed by atoms with Crippen LogP contribution < -0.4 is 4.31 Å². The first-order valence-electron chi connectivity index (χ1n) is 15.0. The molecule has 18 nitrogen and oxygen atoms in total. The third-order valence-corrected chi connectivity index (χ3v) is 7.86. The number of halogens is 1. The van der Waals surface area contributed by atoms with Gasteiger partial charge >= 0.3 is 5.97 Å². The predicted molar refractivity (Wildman–Crippen MR) is 168 cm³/mol. The van der Waals surface area contributed by atoms with Gasteiger partial charge in [-0.2, -0.15) is 0 Å². The molecule has 0 saturated heterocycles. The minimum atomic E-state index is -3.72. The number of aliphatic hydroxyl groups excluding tert-OH is 2. The second kappa shape index (κ2) is 20.4. The van der Waals surface area contributed by atoms with E-state index in [9.17, 15) is 27.8 Å². The molecule has 0 radical (unpaired) electrons. The quantitative estimate of drug-likeness (QED) is 0.0579. The molecule has 0 aliphatic rings. The van der Waals surface area contributed by atoms with E-state index in [0.717, 1.165) is 10.6 Å². The average molecular weight is 722 g/mol. The molecule has 0 aliphatic heterocycles. The fraction of sp³-hybridized carbons (Fsp3) is 0.552. The lowest BCUT2D eigenvalue weighted by atomic mass is 9.97. The summed E-state index contributed by atoms with van der Waals surface area (Å²) in [6.45, 7) is 3.30. The monoisotopic (exact) mass is 721 g/mol. The Hall–Kier alpha value is -3.25. The molecule has 2 aromatic rings. The number of rotatable bonds is 22. The van der Waals surface area contributed by atoms with E-state index in [-0.39, 0.29) is 63.3 Å². The molecule has 0 fully saturated rings. The summed E-state index contributed by atoms with van der Waals surface area (Å²) in [6, 6.07) is 5.40. The summed E-state index contributed by atoms with van der Waals surface area (Å²) in [5, 5.41) is 55.0. The van der Waals surface area contributed by atoms with Gasteiger partial charge in [-0.05, 0) is 36.6 Å². The molecule has 0 aliphatic carbocycles. The zero-order valence-electron chi connectivity index (χ0n) is 27.5. The number of ether oxygens (including phenoxy) is 2. The molecular weight excluding hydrogens is 677 g/mol. The number of anilines is 1. The maximum absolute atomic E-state index is 13.7. The second-order valence-electron chi connectivity index (χ2n) is 11.1. The van der Waals surface area contributed by atoms with Crippen molar-refractivity contribution in [3.05, 3.63) is 47.4 Å². The van der Waals surface area contributed by atoms with Crippen molar-refractivity contribution in [3.63, 3.8) is 0 Å². The van der Waals surface area contributed by atoms with E-state index in [4.69, 9.17) is 35.1 Å². The number of nitrogens with zero attached hydrogens (tertiary/aromatic N) is 5. The zero-order valence-corrected chi connectivity index (χ0v) is 28.3. The van der Waals surface area contributed by atoms with E-state index in [1.165, 1.54) is 43.5 Å². The van der Waals surface area contributed by atoms with Gasteiger partial charge in [-0.3, -0.25) is 30.5 Å². The van der Waals surface area contributed by atoms with Gasteiger partial charge in [-0.15, -0.1) is 0 Å². The van der Waals surface area contributed by atoms with Crippen molar-refractivity contribution in [1.82, 2.24) is 20.7 Å². The summed E-state index contributed by atoms with van der Waals surface area (Å²) in [7, 11) is -2.41. The minimum Gasteiger partial charge on any atom is -0.465 e. The normalized spacial score (nSPS) is 14.2. The van der Waals surface area contributed by atoms with Crippen molar-refractivity contribution in [2.45, 2.75) is 63.8 Å². The Morgan fingerprint density at radius 1 is 1.02 bits per heavy atom. The number of aliphatic hydroxyl groups is 2. The van der Waals surface area contributed by atoms with E-state index in [2.05, 4.69) is 14.8 Å². The number of carbonyl (C=O) groups excluding carboxylic acids is 1. The Bertz CT molecular complexity index is 1450. The molecule has 6 N–H and O–H groups in total. The van der Waals surface area contributed by atoms with Gasteiger partial charge in [0.15, 0.2) is 0 Å². The first-order chi connectivity index (χ1) is 23.0. The highest BCUT2D eigenvalue weighted by Gasteiger charge is 2.23. The summed E-state index contributed by atoms with van der Waals surface area (Å²) < 4.78 is 49.5. The van der Waals surface area contributed by atoms with Gasteiger partial charge in [0.1, 0.15) is 11.9 Å². The third-order valence-electron chi connectivity index (χ3n) is 6.70. The summed E-state index contributed by atoms with van der Waals surface area (Å²) >= 11 is 0. The molecule has 2 rings (SSSR count). The molecule has 3 unspecified atom stereocenters. The Morgan fingerprint density at radius 2 is 1.69 bits per heavy atom. The molecule has 1 heterocycles. The van der Waals surface area contributed by atoms with Crippen LogP contribution in [0.25, 0.3) is 17.3 Å². The number of hydrogen-bond acceptors (Lipinski definition) is 17. The molecule has 0 saturated carbocycles. The first kappa shape index (κ1) is 41.9. The second-order valence-corrected chi connectivity index (χ2v) is 13.1. The van der Waals surface area contributed by atoms with Crippen molar-refractivity contribution < 1.29 is 67.8 Å². The molecule has 20 heteroatoms. The number of hydrogen-bond donors (Lipinski definition) is 6. The first-order valence-corrected chi connectivity index (χ1v) is 16.9. The largest absolute Gasteiger partial charge is 0.465 e. The highest BCUT2D eigenvalue weighted by atomic mass is 32.2. The van der Waals surface area contributed by atoms with Crippen LogP contribution in [0.3, 0.4) is 0 Å². The molecule has 0 spiro atoms. The van der Waals surface area contributed by atoms with Crippen LogP contribution in [0.1, 0.15) is 56.7 Å². The van der Waals surface area contributed by atoms with Crippen LogP contribution in [-0.2, 0) is 34.0 Å². The third kappa shape index (κ3) is 15.5. The van der Waals surface area contributed by atoms with Gasteiger partial charge in [-0.1, -0.05) is 26.0 Å². The summed E-state index contributed by atoms with van der Waals surface area (Å²) in [5.41, 5.74) is 1.62. The van der Waals surface area contributed by atoms with E-state index < -0.39 is 57.3 Å². The van der Waals surface area contributed by atoms with Crippen molar-refractivity contribution in [3.8, 4) is 11.3 Å². The van der Waals surface area contributed by atoms with Crippen molar-refractivity contribution in [2.75, 3.05) is 44.0 Å². The number of benzene rings is 1. The zero-order chi connectivity index (χ0) is 36.7. The smallest absolute Gasteiger partial charge is 0.308 e. The molecule has 1 aromatic carbocycles. The molecule has 0 bridgehead atoms. The van der Waals surface area contributed by atoms with Crippen LogP contribution in [-0.4, -0.2) is 124 Å². The van der Waals surface area contributed by atoms with Crippen LogP contribution in [0.15, 0.2) is 30.3 Å². The van der Waals surface area contributed by atoms with Gasteiger partial charge in [0, 0.05) is 37.6 Å². The molecule has 49 heavy (non-hydrogen) atoms. The number of esters is 1. The maximum Gasteiger partial charge on any atom is 0.308 e. The molecule has 3 atom stereocenters. The van der Waals surface area contributed by atoms with Crippen LogP contribution in [0.5, 0.6) is 0 Å². The highest BCUT2D eigenvalue weighted by Crippen LogP contribution is 2.31. The topological polar surface area (TPSA) is 245 Å². The van der Waals surface area contributed by atoms with E-state index in [1.54, 1.807) is 0 Å². The van der Waals surface area contributed by atoms with Gasteiger partial charge < -0.3 is 19.7 Å². The van der Waals surface area contributed by atoms with Crippen molar-refractivity contribution in [2.24, 2.45) is 0 Å². The lowest BCUT2D eigenvalue weighted by Gasteiger charge is -2.20. The number of sulfonamides is 1. The molecule has 276 valence electrons. The molecular formula is C29H44FN5O13S. The Kier molecular flexibility index (Phi) is 17.5. The fourth-order valence-electron chi connectivity index (χ4n) is 4.22. The van der Waals surface area contributed by atoms with Gasteiger partial charge in [0.25, 0.3) is 0 Å². The predicted octanol–water partition coefficient (Wildman–Crippen LogP) is 2.05. The van der Waals surface area contributed by atoms with Crippen molar-refractivity contribution >= 4 is 28.0 Å². The SMILES string of the molecule is CC(C)c1nc(N(C)S(C)(=O)=O)nc(-c2ccc(F)cc2)c1/C=C/C(O)CC(O)CC(=O)OCCC(COCCCON(O)O)ON(O)O. The van der Waals surface area contributed by atoms with E-state index >= 15 is 0 Å². The minimum absolute atomic E-state index is 0.0300. The Labute approximate surface area is 282 Å². The van der Waals surface area contributed by atoms with Crippen molar-refractivity contribution in [1.29, 1.82) is 0 Å².